The Kier molecular flexibility index (Phi) is 4.57. The highest BCUT2D eigenvalue weighted by Gasteiger charge is 2.03. The Balaban J connectivity index is 2.44. The van der Waals surface area contributed by atoms with Gasteiger partial charge in [-0.1, -0.05) is 18.2 Å². The first-order chi connectivity index (χ1) is 7.24. The van der Waals surface area contributed by atoms with E-state index in [9.17, 15) is 4.79 Å². The zero-order valence-corrected chi connectivity index (χ0v) is 8.64. The van der Waals surface area contributed by atoms with E-state index in [1.807, 2.05) is 6.07 Å². The summed E-state index contributed by atoms with van der Waals surface area (Å²) >= 11 is 0. The van der Waals surface area contributed by atoms with Gasteiger partial charge in [0.1, 0.15) is 6.61 Å². The number of hydrogen-bond donors (Lipinski definition) is 1. The van der Waals surface area contributed by atoms with Crippen molar-refractivity contribution in [2.24, 2.45) is 0 Å². The smallest absolute Gasteiger partial charge is 0.338 e. The van der Waals surface area contributed by atoms with Crippen molar-refractivity contribution in [3.05, 3.63) is 47.5 Å². The second-order valence-electron chi connectivity index (χ2n) is 3.17. The summed E-state index contributed by atoms with van der Waals surface area (Å²) in [6.45, 7) is 1.96. The minimum Gasteiger partial charge on any atom is -0.458 e. The number of carbonyl (C=O) groups is 1. The molecular weight excluding hydrogens is 192 g/mol. The Morgan fingerprint density at radius 2 is 2.07 bits per heavy atom. The maximum Gasteiger partial charge on any atom is 0.338 e. The first-order valence-corrected chi connectivity index (χ1v) is 4.72. The third kappa shape index (κ3) is 3.95. The third-order valence-corrected chi connectivity index (χ3v) is 1.91. The maximum atomic E-state index is 11.4. The van der Waals surface area contributed by atoms with Gasteiger partial charge >= 0.3 is 5.97 Å². The summed E-state index contributed by atoms with van der Waals surface area (Å²) in [5.41, 5.74) is 1.32. The molecule has 0 aliphatic rings. The fourth-order valence-electron chi connectivity index (χ4n) is 0.982. The molecule has 0 saturated heterocycles. The highest BCUT2D eigenvalue weighted by atomic mass is 16.5. The van der Waals surface area contributed by atoms with Gasteiger partial charge in [-0.05, 0) is 30.7 Å². The van der Waals surface area contributed by atoms with Crippen LogP contribution in [0.2, 0.25) is 0 Å². The average Bonchev–Trinajstić information content (AvgIpc) is 2.29. The normalized spacial score (nSPS) is 11.2. The van der Waals surface area contributed by atoms with Crippen LogP contribution in [0.3, 0.4) is 0 Å². The Morgan fingerprint density at radius 1 is 1.40 bits per heavy atom. The van der Waals surface area contributed by atoms with Gasteiger partial charge in [-0.2, -0.15) is 0 Å². The van der Waals surface area contributed by atoms with E-state index in [0.717, 1.165) is 5.57 Å². The molecule has 0 radical (unpaired) electrons. The fourth-order valence-corrected chi connectivity index (χ4v) is 0.982. The third-order valence-electron chi connectivity index (χ3n) is 1.91. The van der Waals surface area contributed by atoms with Crippen LogP contribution >= 0.6 is 0 Å². The molecule has 0 aromatic heterocycles. The lowest BCUT2D eigenvalue weighted by atomic mass is 10.2. The Bertz CT molecular complexity index is 341. The van der Waals surface area contributed by atoms with Gasteiger partial charge in [0.05, 0.1) is 12.2 Å². The highest BCUT2D eigenvalue weighted by Crippen LogP contribution is 2.01. The van der Waals surface area contributed by atoms with Gasteiger partial charge in [0.2, 0.25) is 0 Å². The molecule has 0 unspecified atom stereocenters. The van der Waals surface area contributed by atoms with Crippen LogP contribution in [0.1, 0.15) is 17.3 Å². The summed E-state index contributed by atoms with van der Waals surface area (Å²) in [4.78, 5) is 11.4. The number of ether oxygens (including phenoxy) is 1. The first-order valence-electron chi connectivity index (χ1n) is 4.72. The van der Waals surface area contributed by atoms with Crippen LogP contribution in [0.25, 0.3) is 0 Å². The van der Waals surface area contributed by atoms with Crippen molar-refractivity contribution in [3.63, 3.8) is 0 Å². The van der Waals surface area contributed by atoms with E-state index < -0.39 is 0 Å². The zero-order valence-electron chi connectivity index (χ0n) is 8.64. The maximum absolute atomic E-state index is 11.4. The Labute approximate surface area is 89.0 Å². The van der Waals surface area contributed by atoms with Crippen LogP contribution in [-0.4, -0.2) is 24.3 Å². The number of rotatable bonds is 4. The molecule has 0 aliphatic heterocycles. The molecule has 1 N–H and O–H groups in total. The van der Waals surface area contributed by atoms with Gasteiger partial charge in [-0.25, -0.2) is 4.79 Å². The van der Waals surface area contributed by atoms with Crippen LogP contribution in [0.4, 0.5) is 0 Å². The van der Waals surface area contributed by atoms with E-state index in [4.69, 9.17) is 9.84 Å². The van der Waals surface area contributed by atoms with Crippen LogP contribution in [0, 0.1) is 0 Å². The molecule has 1 aromatic rings. The number of aliphatic hydroxyl groups excluding tert-OH is 1. The van der Waals surface area contributed by atoms with Crippen molar-refractivity contribution in [3.8, 4) is 0 Å². The number of hydrogen-bond acceptors (Lipinski definition) is 3. The van der Waals surface area contributed by atoms with E-state index in [0.29, 0.717) is 5.56 Å². The lowest BCUT2D eigenvalue weighted by molar-refractivity contribution is 0.0548. The van der Waals surface area contributed by atoms with Crippen LogP contribution in [0.5, 0.6) is 0 Å². The quantitative estimate of drug-likeness (QED) is 0.603. The molecule has 0 amide bonds. The molecule has 3 heteroatoms. The molecule has 0 atom stereocenters. The fraction of sp³-hybridized carbons (Fsp3) is 0.250. The molecule has 0 heterocycles. The summed E-state index contributed by atoms with van der Waals surface area (Å²) in [5.74, 6) is -0.349. The predicted octanol–water partition coefficient (Wildman–Crippen LogP) is 1.78. The van der Waals surface area contributed by atoms with E-state index in [-0.39, 0.29) is 19.2 Å². The van der Waals surface area contributed by atoms with Crippen LogP contribution < -0.4 is 0 Å². The molecular formula is C12H14O3. The van der Waals surface area contributed by atoms with Gasteiger partial charge in [0.15, 0.2) is 0 Å². The lowest BCUT2D eigenvalue weighted by Crippen LogP contribution is -2.05. The van der Waals surface area contributed by atoms with E-state index in [1.165, 1.54) is 0 Å². The topological polar surface area (TPSA) is 46.5 Å². The predicted molar refractivity (Wildman–Crippen MR) is 57.6 cm³/mol. The number of esters is 1. The first kappa shape index (κ1) is 11.5. The molecule has 1 aromatic carbocycles. The van der Waals surface area contributed by atoms with E-state index in [1.54, 1.807) is 37.3 Å². The summed E-state index contributed by atoms with van der Waals surface area (Å²) in [6.07, 6.45) is 1.68. The Hall–Kier alpha value is -1.61. The van der Waals surface area contributed by atoms with Crippen molar-refractivity contribution >= 4 is 5.97 Å². The van der Waals surface area contributed by atoms with Crippen LogP contribution in [-0.2, 0) is 4.74 Å². The summed E-state index contributed by atoms with van der Waals surface area (Å²) in [5, 5.41) is 8.71. The summed E-state index contributed by atoms with van der Waals surface area (Å²) in [6, 6.07) is 8.80. The molecule has 1 rings (SSSR count). The molecule has 0 spiro atoms. The Morgan fingerprint density at radius 3 is 2.67 bits per heavy atom. The van der Waals surface area contributed by atoms with E-state index >= 15 is 0 Å². The van der Waals surface area contributed by atoms with Crippen LogP contribution in [0.15, 0.2) is 42.0 Å². The van der Waals surface area contributed by atoms with Gasteiger partial charge in [-0.3, -0.25) is 0 Å². The minimum atomic E-state index is -0.349. The minimum absolute atomic E-state index is 0.0110. The standard InChI is InChI=1S/C12H14O3/c1-10(9-13)7-8-15-12(14)11-5-3-2-4-6-11/h2-7,13H,8-9H2,1H3. The van der Waals surface area contributed by atoms with E-state index in [2.05, 4.69) is 0 Å². The van der Waals surface area contributed by atoms with Gasteiger partial charge in [0.25, 0.3) is 0 Å². The SMILES string of the molecule is CC(=CCOC(=O)c1ccccc1)CO. The summed E-state index contributed by atoms with van der Waals surface area (Å²) < 4.78 is 4.97. The van der Waals surface area contributed by atoms with Gasteiger partial charge in [-0.15, -0.1) is 0 Å². The molecule has 0 aliphatic carbocycles. The molecule has 3 nitrogen and oxygen atoms in total. The van der Waals surface area contributed by atoms with Crippen molar-refractivity contribution < 1.29 is 14.6 Å². The second-order valence-corrected chi connectivity index (χ2v) is 3.17. The number of carbonyl (C=O) groups excluding carboxylic acids is 1. The van der Waals surface area contributed by atoms with Crippen molar-refractivity contribution in [2.45, 2.75) is 6.92 Å². The summed E-state index contributed by atoms with van der Waals surface area (Å²) in [7, 11) is 0. The largest absolute Gasteiger partial charge is 0.458 e. The molecule has 15 heavy (non-hydrogen) atoms. The molecule has 80 valence electrons. The number of benzene rings is 1. The molecule has 0 saturated carbocycles. The highest BCUT2D eigenvalue weighted by molar-refractivity contribution is 5.89. The average molecular weight is 206 g/mol. The van der Waals surface area contributed by atoms with Crippen molar-refractivity contribution in [1.82, 2.24) is 0 Å². The lowest BCUT2D eigenvalue weighted by Gasteiger charge is -2.02. The van der Waals surface area contributed by atoms with Crippen molar-refractivity contribution in [1.29, 1.82) is 0 Å². The van der Waals surface area contributed by atoms with Crippen molar-refractivity contribution in [2.75, 3.05) is 13.2 Å². The second kappa shape index (κ2) is 5.98. The molecule has 0 bridgehead atoms. The number of aliphatic hydroxyl groups is 1. The van der Waals surface area contributed by atoms with Gasteiger partial charge < -0.3 is 9.84 Å². The van der Waals surface area contributed by atoms with Gasteiger partial charge in [0, 0.05) is 0 Å². The monoisotopic (exact) mass is 206 g/mol. The molecule has 0 fully saturated rings. The zero-order chi connectivity index (χ0) is 11.1.